The number of carbonyl (C=O) groups excluding carboxylic acids is 1. The van der Waals surface area contributed by atoms with E-state index in [1.54, 1.807) is 11.0 Å². The van der Waals surface area contributed by atoms with Gasteiger partial charge in [-0.2, -0.15) is 5.10 Å². The van der Waals surface area contributed by atoms with Crippen LogP contribution in [0.3, 0.4) is 0 Å². The van der Waals surface area contributed by atoms with Gasteiger partial charge in [0.25, 0.3) is 0 Å². The average Bonchev–Trinajstić information content (AvgIpc) is 3.12. The standard InChI is InChI=1S/C17H23N5O/c1-13(9-19-17(23)14(2)22-12-18-11-20-22)21-8-7-15-5-3-4-6-16(15)10-21/h3-6,11-14H,7-10H2,1-2H3,(H,19,23). The van der Waals surface area contributed by atoms with Crippen molar-refractivity contribution in [1.82, 2.24) is 25.0 Å². The molecule has 6 heteroatoms. The maximum Gasteiger partial charge on any atom is 0.244 e. The van der Waals surface area contributed by atoms with Crippen molar-refractivity contribution in [2.24, 2.45) is 0 Å². The highest BCUT2D eigenvalue weighted by Crippen LogP contribution is 2.20. The molecule has 0 fully saturated rings. The molecule has 0 radical (unpaired) electrons. The van der Waals surface area contributed by atoms with Gasteiger partial charge in [-0.1, -0.05) is 24.3 Å². The van der Waals surface area contributed by atoms with E-state index in [-0.39, 0.29) is 11.9 Å². The highest BCUT2D eigenvalue weighted by atomic mass is 16.2. The van der Waals surface area contributed by atoms with Crippen LogP contribution in [0.2, 0.25) is 0 Å². The van der Waals surface area contributed by atoms with Crippen LogP contribution in [0, 0.1) is 0 Å². The normalized spacial score (nSPS) is 17.3. The molecular weight excluding hydrogens is 290 g/mol. The van der Waals surface area contributed by atoms with Crippen LogP contribution < -0.4 is 5.32 Å². The first-order chi connectivity index (χ1) is 11.1. The monoisotopic (exact) mass is 313 g/mol. The van der Waals surface area contributed by atoms with Crippen LogP contribution in [-0.2, 0) is 17.8 Å². The SMILES string of the molecule is CC(CNC(=O)C(C)n1cncn1)N1CCc2ccccc2C1. The van der Waals surface area contributed by atoms with Crippen molar-refractivity contribution in [2.75, 3.05) is 13.1 Å². The third kappa shape index (κ3) is 3.59. The molecule has 0 bridgehead atoms. The minimum Gasteiger partial charge on any atom is -0.353 e. The first kappa shape index (κ1) is 15.7. The molecule has 1 aliphatic rings. The predicted octanol–water partition coefficient (Wildman–Crippen LogP) is 1.40. The fourth-order valence-electron chi connectivity index (χ4n) is 2.96. The second-order valence-electron chi connectivity index (χ2n) is 6.13. The molecule has 1 aromatic carbocycles. The van der Waals surface area contributed by atoms with Gasteiger partial charge < -0.3 is 5.32 Å². The molecule has 0 spiro atoms. The van der Waals surface area contributed by atoms with Gasteiger partial charge in [0.1, 0.15) is 18.7 Å². The number of hydrogen-bond donors (Lipinski definition) is 1. The van der Waals surface area contributed by atoms with Crippen LogP contribution in [0.15, 0.2) is 36.9 Å². The third-order valence-corrected chi connectivity index (χ3v) is 4.57. The van der Waals surface area contributed by atoms with Crippen molar-refractivity contribution >= 4 is 5.91 Å². The fourth-order valence-corrected chi connectivity index (χ4v) is 2.96. The van der Waals surface area contributed by atoms with E-state index in [1.165, 1.54) is 17.5 Å². The molecule has 0 saturated heterocycles. The minimum atomic E-state index is -0.341. The Morgan fingerprint density at radius 3 is 2.83 bits per heavy atom. The van der Waals surface area contributed by atoms with Gasteiger partial charge in [0.15, 0.2) is 0 Å². The Kier molecular flexibility index (Phi) is 4.71. The number of fused-ring (bicyclic) bond motifs is 1. The lowest BCUT2D eigenvalue weighted by Crippen LogP contribution is -2.45. The summed E-state index contributed by atoms with van der Waals surface area (Å²) >= 11 is 0. The molecule has 122 valence electrons. The Morgan fingerprint density at radius 1 is 1.30 bits per heavy atom. The number of benzene rings is 1. The molecule has 2 atom stereocenters. The summed E-state index contributed by atoms with van der Waals surface area (Å²) in [5.41, 5.74) is 2.84. The third-order valence-electron chi connectivity index (χ3n) is 4.57. The average molecular weight is 313 g/mol. The Hall–Kier alpha value is -2.21. The first-order valence-corrected chi connectivity index (χ1v) is 8.08. The number of hydrogen-bond acceptors (Lipinski definition) is 4. The van der Waals surface area contributed by atoms with Crippen molar-refractivity contribution in [3.8, 4) is 0 Å². The van der Waals surface area contributed by atoms with Crippen molar-refractivity contribution in [3.05, 3.63) is 48.0 Å². The lowest BCUT2D eigenvalue weighted by Gasteiger charge is -2.34. The van der Waals surface area contributed by atoms with E-state index in [0.29, 0.717) is 12.6 Å². The second-order valence-corrected chi connectivity index (χ2v) is 6.13. The number of nitrogens with one attached hydrogen (secondary N) is 1. The quantitative estimate of drug-likeness (QED) is 0.906. The van der Waals surface area contributed by atoms with E-state index >= 15 is 0 Å². The molecule has 1 amide bonds. The fraction of sp³-hybridized carbons (Fsp3) is 0.471. The summed E-state index contributed by atoms with van der Waals surface area (Å²) in [4.78, 5) is 18.5. The van der Waals surface area contributed by atoms with Gasteiger partial charge in [-0.05, 0) is 31.4 Å². The lowest BCUT2D eigenvalue weighted by atomic mass is 9.99. The van der Waals surface area contributed by atoms with Crippen molar-refractivity contribution in [1.29, 1.82) is 0 Å². The molecule has 1 aliphatic heterocycles. The zero-order chi connectivity index (χ0) is 16.2. The van der Waals surface area contributed by atoms with Crippen LogP contribution in [-0.4, -0.2) is 44.7 Å². The Balaban J connectivity index is 1.52. The summed E-state index contributed by atoms with van der Waals surface area (Å²) in [6, 6.07) is 8.55. The van der Waals surface area contributed by atoms with E-state index in [0.717, 1.165) is 19.5 Å². The molecule has 1 aromatic heterocycles. The predicted molar refractivity (Wildman–Crippen MR) is 87.8 cm³/mol. The van der Waals surface area contributed by atoms with Crippen LogP contribution in [0.25, 0.3) is 0 Å². The van der Waals surface area contributed by atoms with E-state index in [1.807, 2.05) is 6.92 Å². The van der Waals surface area contributed by atoms with Crippen LogP contribution in [0.4, 0.5) is 0 Å². The van der Waals surface area contributed by atoms with Gasteiger partial charge in [0, 0.05) is 25.7 Å². The summed E-state index contributed by atoms with van der Waals surface area (Å²) in [5.74, 6) is -0.0280. The Labute approximate surface area is 136 Å². The van der Waals surface area contributed by atoms with E-state index in [4.69, 9.17) is 0 Å². The topological polar surface area (TPSA) is 63.1 Å². The minimum absolute atomic E-state index is 0.0280. The Bertz CT molecular complexity index is 655. The maximum absolute atomic E-state index is 12.2. The van der Waals surface area contributed by atoms with Gasteiger partial charge in [0.05, 0.1) is 0 Å². The zero-order valence-corrected chi connectivity index (χ0v) is 13.6. The number of rotatable bonds is 5. The number of nitrogens with zero attached hydrogens (tertiary/aromatic N) is 4. The Morgan fingerprint density at radius 2 is 2.09 bits per heavy atom. The van der Waals surface area contributed by atoms with Crippen LogP contribution in [0.1, 0.15) is 31.0 Å². The van der Waals surface area contributed by atoms with Crippen LogP contribution >= 0.6 is 0 Å². The van der Waals surface area contributed by atoms with Gasteiger partial charge in [-0.25, -0.2) is 9.67 Å². The van der Waals surface area contributed by atoms with Crippen molar-refractivity contribution < 1.29 is 4.79 Å². The summed E-state index contributed by atoms with van der Waals surface area (Å²) < 4.78 is 1.57. The van der Waals surface area contributed by atoms with Gasteiger partial charge in [-0.15, -0.1) is 0 Å². The van der Waals surface area contributed by atoms with Gasteiger partial charge >= 0.3 is 0 Å². The summed E-state index contributed by atoms with van der Waals surface area (Å²) in [7, 11) is 0. The molecule has 1 N–H and O–H groups in total. The number of carbonyl (C=O) groups is 1. The molecule has 0 saturated carbocycles. The highest BCUT2D eigenvalue weighted by Gasteiger charge is 2.22. The lowest BCUT2D eigenvalue weighted by molar-refractivity contribution is -0.124. The maximum atomic E-state index is 12.2. The molecule has 3 rings (SSSR count). The van der Waals surface area contributed by atoms with Gasteiger partial charge in [-0.3, -0.25) is 9.69 Å². The first-order valence-electron chi connectivity index (χ1n) is 8.08. The largest absolute Gasteiger partial charge is 0.353 e. The zero-order valence-electron chi connectivity index (χ0n) is 13.6. The number of amides is 1. The molecule has 23 heavy (non-hydrogen) atoms. The molecule has 6 nitrogen and oxygen atoms in total. The molecule has 2 aromatic rings. The molecule has 0 aliphatic carbocycles. The summed E-state index contributed by atoms with van der Waals surface area (Å²) in [5, 5.41) is 7.04. The smallest absolute Gasteiger partial charge is 0.244 e. The van der Waals surface area contributed by atoms with E-state index in [9.17, 15) is 4.79 Å². The molecular formula is C17H23N5O. The van der Waals surface area contributed by atoms with Gasteiger partial charge in [0.2, 0.25) is 5.91 Å². The van der Waals surface area contributed by atoms with Crippen molar-refractivity contribution in [2.45, 2.75) is 38.9 Å². The van der Waals surface area contributed by atoms with Crippen LogP contribution in [0.5, 0.6) is 0 Å². The number of aromatic nitrogens is 3. The summed E-state index contributed by atoms with van der Waals surface area (Å²) in [6.45, 7) is 6.61. The molecule has 2 heterocycles. The van der Waals surface area contributed by atoms with E-state index < -0.39 is 0 Å². The highest BCUT2D eigenvalue weighted by molar-refractivity contribution is 5.79. The molecule has 2 unspecified atom stereocenters. The van der Waals surface area contributed by atoms with E-state index in [2.05, 4.69) is 51.5 Å². The summed E-state index contributed by atoms with van der Waals surface area (Å²) in [6.07, 6.45) is 4.08. The second kappa shape index (κ2) is 6.91. The van der Waals surface area contributed by atoms with Crippen molar-refractivity contribution in [3.63, 3.8) is 0 Å².